The van der Waals surface area contributed by atoms with Gasteiger partial charge in [-0.2, -0.15) is 0 Å². The Morgan fingerprint density at radius 2 is 2.10 bits per heavy atom. The van der Waals surface area contributed by atoms with Crippen molar-refractivity contribution in [3.63, 3.8) is 0 Å². The van der Waals surface area contributed by atoms with E-state index in [1.807, 2.05) is 12.1 Å². The number of carboxylic acids is 1. The number of nitrogens with zero attached hydrogens (tertiary/aromatic N) is 2. The number of hydrogen-bond acceptors (Lipinski definition) is 3. The van der Waals surface area contributed by atoms with Crippen molar-refractivity contribution >= 4 is 27.6 Å². The zero-order chi connectivity index (χ0) is 14.1. The highest BCUT2D eigenvalue weighted by Crippen LogP contribution is 2.29. The summed E-state index contributed by atoms with van der Waals surface area (Å²) in [5, 5.41) is 9.40. The maximum absolute atomic E-state index is 11.4. The minimum absolute atomic E-state index is 0.392. The number of anilines is 1. The minimum atomic E-state index is -0.854. The van der Waals surface area contributed by atoms with E-state index in [0.717, 1.165) is 29.8 Å². The molecule has 2 aliphatic rings. The molecule has 3 rings (SSSR count). The van der Waals surface area contributed by atoms with E-state index in [9.17, 15) is 9.90 Å². The predicted molar refractivity (Wildman–Crippen MR) is 82.5 cm³/mol. The molecule has 2 fully saturated rings. The van der Waals surface area contributed by atoms with Crippen LogP contribution in [0.5, 0.6) is 0 Å². The lowest BCUT2D eigenvalue weighted by Crippen LogP contribution is -2.55. The zero-order valence-corrected chi connectivity index (χ0v) is 13.0. The first-order valence-corrected chi connectivity index (χ1v) is 7.96. The first-order chi connectivity index (χ1) is 9.65. The molecular weight excluding hydrogens is 320 g/mol. The Bertz CT molecular complexity index is 521. The van der Waals surface area contributed by atoms with Crippen molar-refractivity contribution < 1.29 is 9.90 Å². The van der Waals surface area contributed by atoms with Crippen LogP contribution in [0.25, 0.3) is 0 Å². The molecule has 1 aromatic rings. The van der Waals surface area contributed by atoms with Gasteiger partial charge in [-0.3, -0.25) is 4.90 Å². The Morgan fingerprint density at radius 3 is 2.90 bits per heavy atom. The topological polar surface area (TPSA) is 43.8 Å². The molecule has 0 bridgehead atoms. The summed E-state index contributed by atoms with van der Waals surface area (Å²) in [6, 6.07) is 6.13. The Morgan fingerprint density at radius 1 is 1.25 bits per heavy atom. The van der Waals surface area contributed by atoms with Gasteiger partial charge in [0.05, 0.1) is 11.3 Å². The summed E-state index contributed by atoms with van der Waals surface area (Å²) < 4.78 is 0.815. The normalized spacial score (nSPS) is 23.4. The fourth-order valence-electron chi connectivity index (χ4n) is 3.33. The van der Waals surface area contributed by atoms with Crippen LogP contribution in [0.4, 0.5) is 5.69 Å². The predicted octanol–water partition coefficient (Wildman–Crippen LogP) is 2.82. The van der Waals surface area contributed by atoms with Gasteiger partial charge in [-0.1, -0.05) is 22.4 Å². The maximum Gasteiger partial charge on any atom is 0.337 e. The highest BCUT2D eigenvalue weighted by molar-refractivity contribution is 9.10. The molecule has 1 aromatic carbocycles. The average Bonchev–Trinajstić information content (AvgIpc) is 2.46. The molecule has 0 spiro atoms. The van der Waals surface area contributed by atoms with E-state index < -0.39 is 5.97 Å². The van der Waals surface area contributed by atoms with Gasteiger partial charge in [0.15, 0.2) is 0 Å². The standard InChI is InChI=1S/C15H19BrN2O2/c16-11-4-5-14(13(9-11)15(19)20)18-8-7-17-6-2-1-3-12(17)10-18/h4-5,9,12H,1-3,6-8,10H2,(H,19,20). The second kappa shape index (κ2) is 5.74. The number of piperazine rings is 1. The second-order valence-corrected chi connectivity index (χ2v) is 6.51. The summed E-state index contributed by atoms with van der Waals surface area (Å²) in [5.41, 5.74) is 1.24. The Hall–Kier alpha value is -1.07. The van der Waals surface area contributed by atoms with Crippen molar-refractivity contribution in [1.82, 2.24) is 4.90 Å². The number of aromatic carboxylic acids is 1. The fraction of sp³-hybridized carbons (Fsp3) is 0.533. The van der Waals surface area contributed by atoms with Gasteiger partial charge < -0.3 is 10.0 Å². The van der Waals surface area contributed by atoms with E-state index in [4.69, 9.17) is 0 Å². The minimum Gasteiger partial charge on any atom is -0.478 e. The number of fused-ring (bicyclic) bond motifs is 1. The lowest BCUT2D eigenvalue weighted by Gasteiger charge is -2.45. The molecule has 0 aliphatic carbocycles. The van der Waals surface area contributed by atoms with Crippen molar-refractivity contribution in [2.45, 2.75) is 25.3 Å². The summed E-state index contributed by atoms with van der Waals surface area (Å²) in [6.45, 7) is 4.10. The van der Waals surface area contributed by atoms with E-state index in [2.05, 4.69) is 25.7 Å². The second-order valence-electron chi connectivity index (χ2n) is 5.60. The van der Waals surface area contributed by atoms with Crippen molar-refractivity contribution in [1.29, 1.82) is 0 Å². The smallest absolute Gasteiger partial charge is 0.337 e. The van der Waals surface area contributed by atoms with Gasteiger partial charge in [-0.25, -0.2) is 4.79 Å². The Labute approximate surface area is 127 Å². The molecule has 0 amide bonds. The highest BCUT2D eigenvalue weighted by Gasteiger charge is 2.30. The van der Waals surface area contributed by atoms with E-state index in [0.29, 0.717) is 11.6 Å². The van der Waals surface area contributed by atoms with Crippen LogP contribution < -0.4 is 4.90 Å². The van der Waals surface area contributed by atoms with Gasteiger partial charge >= 0.3 is 5.97 Å². The summed E-state index contributed by atoms with van der Waals surface area (Å²) in [7, 11) is 0. The maximum atomic E-state index is 11.4. The Kier molecular flexibility index (Phi) is 3.98. The summed E-state index contributed by atoms with van der Waals surface area (Å²) in [6.07, 6.45) is 3.83. The number of halogens is 1. The molecule has 1 N–H and O–H groups in total. The van der Waals surface area contributed by atoms with Gasteiger partial charge in [-0.05, 0) is 37.6 Å². The van der Waals surface area contributed by atoms with Crippen LogP contribution in [-0.2, 0) is 0 Å². The van der Waals surface area contributed by atoms with E-state index in [1.165, 1.54) is 25.8 Å². The number of carbonyl (C=O) groups is 1. The molecule has 5 heteroatoms. The molecule has 2 aliphatic heterocycles. The van der Waals surface area contributed by atoms with Crippen LogP contribution in [-0.4, -0.2) is 48.2 Å². The van der Waals surface area contributed by atoms with E-state index >= 15 is 0 Å². The van der Waals surface area contributed by atoms with E-state index in [1.54, 1.807) is 6.07 Å². The molecular formula is C15H19BrN2O2. The summed E-state index contributed by atoms with van der Waals surface area (Å²) in [4.78, 5) is 16.2. The first kappa shape index (κ1) is 13.9. The number of piperidine rings is 1. The van der Waals surface area contributed by atoms with Crippen LogP contribution in [0.15, 0.2) is 22.7 Å². The summed E-state index contributed by atoms with van der Waals surface area (Å²) in [5.74, 6) is -0.854. The SMILES string of the molecule is O=C(O)c1cc(Br)ccc1N1CCN2CCCCC2C1. The molecule has 1 atom stereocenters. The lowest BCUT2D eigenvalue weighted by molar-refractivity contribution is 0.0696. The molecule has 20 heavy (non-hydrogen) atoms. The number of rotatable bonds is 2. The number of hydrogen-bond donors (Lipinski definition) is 1. The van der Waals surface area contributed by atoms with Crippen LogP contribution in [0, 0.1) is 0 Å². The third kappa shape index (κ3) is 2.69. The van der Waals surface area contributed by atoms with Crippen LogP contribution >= 0.6 is 15.9 Å². The van der Waals surface area contributed by atoms with Crippen molar-refractivity contribution in [3.05, 3.63) is 28.2 Å². The van der Waals surface area contributed by atoms with E-state index in [-0.39, 0.29) is 0 Å². The molecule has 4 nitrogen and oxygen atoms in total. The van der Waals surface area contributed by atoms with Gasteiger partial charge in [0.1, 0.15) is 0 Å². The lowest BCUT2D eigenvalue weighted by atomic mass is 9.98. The quantitative estimate of drug-likeness (QED) is 0.900. The van der Waals surface area contributed by atoms with Gasteiger partial charge in [0.2, 0.25) is 0 Å². The van der Waals surface area contributed by atoms with Crippen LogP contribution in [0.3, 0.4) is 0 Å². The molecule has 0 saturated carbocycles. The molecule has 0 radical (unpaired) electrons. The number of benzene rings is 1. The Balaban J connectivity index is 1.84. The van der Waals surface area contributed by atoms with Crippen LogP contribution in [0.1, 0.15) is 29.6 Å². The zero-order valence-electron chi connectivity index (χ0n) is 11.4. The van der Waals surface area contributed by atoms with Gasteiger partial charge in [0.25, 0.3) is 0 Å². The molecule has 108 valence electrons. The summed E-state index contributed by atoms with van der Waals surface area (Å²) >= 11 is 3.35. The molecule has 2 heterocycles. The van der Waals surface area contributed by atoms with Gasteiger partial charge in [-0.15, -0.1) is 0 Å². The average molecular weight is 339 g/mol. The third-order valence-electron chi connectivity index (χ3n) is 4.37. The van der Waals surface area contributed by atoms with Gasteiger partial charge in [0, 0.05) is 30.1 Å². The highest BCUT2D eigenvalue weighted by atomic mass is 79.9. The van der Waals surface area contributed by atoms with Crippen LogP contribution in [0.2, 0.25) is 0 Å². The first-order valence-electron chi connectivity index (χ1n) is 7.17. The number of carboxylic acid groups (broad SMARTS) is 1. The monoisotopic (exact) mass is 338 g/mol. The molecule has 1 unspecified atom stereocenters. The van der Waals surface area contributed by atoms with Crippen molar-refractivity contribution in [2.24, 2.45) is 0 Å². The molecule has 2 saturated heterocycles. The van der Waals surface area contributed by atoms with Crippen molar-refractivity contribution in [2.75, 3.05) is 31.1 Å². The van der Waals surface area contributed by atoms with Crippen molar-refractivity contribution in [3.8, 4) is 0 Å². The fourth-order valence-corrected chi connectivity index (χ4v) is 3.69. The molecule has 0 aromatic heterocycles. The third-order valence-corrected chi connectivity index (χ3v) is 4.86. The largest absolute Gasteiger partial charge is 0.478 e.